The molecule has 0 radical (unpaired) electrons. The zero-order chi connectivity index (χ0) is 12.0. The smallest absolute Gasteiger partial charge is 0.222 e. The molecular weight excluding hydrogens is 202 g/mol. The van der Waals surface area contributed by atoms with Gasteiger partial charge in [0.05, 0.1) is 0 Å². The molecule has 0 aromatic heterocycles. The van der Waals surface area contributed by atoms with Crippen LogP contribution in [-0.2, 0) is 9.59 Å². The topological polar surface area (TPSA) is 37.4 Å². The minimum absolute atomic E-state index is 0.246. The van der Waals surface area contributed by atoms with E-state index in [0.717, 1.165) is 38.8 Å². The van der Waals surface area contributed by atoms with Crippen molar-refractivity contribution in [1.29, 1.82) is 0 Å². The molecule has 3 nitrogen and oxygen atoms in total. The minimum Gasteiger partial charge on any atom is -0.343 e. The molecule has 0 spiro atoms. The van der Waals surface area contributed by atoms with E-state index >= 15 is 0 Å². The summed E-state index contributed by atoms with van der Waals surface area (Å²) < 4.78 is 0. The van der Waals surface area contributed by atoms with Gasteiger partial charge in [-0.05, 0) is 38.5 Å². The van der Waals surface area contributed by atoms with Crippen molar-refractivity contribution in [3.63, 3.8) is 0 Å². The van der Waals surface area contributed by atoms with Crippen LogP contribution in [0.4, 0.5) is 0 Å². The molecule has 1 saturated heterocycles. The molecule has 3 heteroatoms. The van der Waals surface area contributed by atoms with Gasteiger partial charge in [-0.1, -0.05) is 6.92 Å². The maximum absolute atomic E-state index is 11.7. The SMILES string of the molecule is CC(=O)CCCCN1CCC(C)CCC1=O. The molecule has 16 heavy (non-hydrogen) atoms. The Labute approximate surface area is 98.2 Å². The van der Waals surface area contributed by atoms with E-state index in [9.17, 15) is 9.59 Å². The number of amides is 1. The van der Waals surface area contributed by atoms with Gasteiger partial charge in [-0.15, -0.1) is 0 Å². The van der Waals surface area contributed by atoms with Crippen LogP contribution in [0, 0.1) is 5.92 Å². The zero-order valence-electron chi connectivity index (χ0n) is 10.5. The Kier molecular flexibility index (Phi) is 5.50. The summed E-state index contributed by atoms with van der Waals surface area (Å²) in [6.45, 7) is 5.57. The molecular formula is C13H23NO2. The van der Waals surface area contributed by atoms with E-state index in [2.05, 4.69) is 6.92 Å². The van der Waals surface area contributed by atoms with Gasteiger partial charge in [-0.25, -0.2) is 0 Å². The van der Waals surface area contributed by atoms with Gasteiger partial charge in [0.1, 0.15) is 5.78 Å². The number of unbranched alkanes of at least 4 members (excludes halogenated alkanes) is 1. The van der Waals surface area contributed by atoms with Gasteiger partial charge in [0.15, 0.2) is 0 Å². The van der Waals surface area contributed by atoms with Crippen LogP contribution < -0.4 is 0 Å². The summed E-state index contributed by atoms with van der Waals surface area (Å²) in [6, 6.07) is 0. The van der Waals surface area contributed by atoms with E-state index < -0.39 is 0 Å². The molecule has 1 fully saturated rings. The third-order valence-corrected chi connectivity index (χ3v) is 3.30. The second-order valence-corrected chi connectivity index (χ2v) is 4.97. The molecule has 92 valence electrons. The van der Waals surface area contributed by atoms with Gasteiger partial charge < -0.3 is 9.69 Å². The van der Waals surface area contributed by atoms with Crippen LogP contribution in [-0.4, -0.2) is 29.7 Å². The van der Waals surface area contributed by atoms with Gasteiger partial charge in [-0.2, -0.15) is 0 Å². The number of carbonyl (C=O) groups excluding carboxylic acids is 2. The van der Waals surface area contributed by atoms with Gasteiger partial charge >= 0.3 is 0 Å². The van der Waals surface area contributed by atoms with Crippen molar-refractivity contribution >= 4 is 11.7 Å². The largest absolute Gasteiger partial charge is 0.343 e. The van der Waals surface area contributed by atoms with Crippen molar-refractivity contribution in [1.82, 2.24) is 4.90 Å². The highest BCUT2D eigenvalue weighted by atomic mass is 16.2. The fourth-order valence-corrected chi connectivity index (χ4v) is 2.09. The molecule has 0 N–H and O–H groups in total. The van der Waals surface area contributed by atoms with E-state index in [0.29, 0.717) is 24.7 Å². The highest BCUT2D eigenvalue weighted by Crippen LogP contribution is 2.17. The molecule has 0 saturated carbocycles. The Morgan fingerprint density at radius 2 is 2.12 bits per heavy atom. The Hall–Kier alpha value is -0.860. The number of carbonyl (C=O) groups is 2. The number of rotatable bonds is 5. The molecule has 1 aliphatic heterocycles. The van der Waals surface area contributed by atoms with Crippen LogP contribution >= 0.6 is 0 Å². The standard InChI is InChI=1S/C13H23NO2/c1-11-6-7-13(16)14(10-8-11)9-4-3-5-12(2)15/h11H,3-10H2,1-2H3. The summed E-state index contributed by atoms with van der Waals surface area (Å²) in [5, 5.41) is 0. The van der Waals surface area contributed by atoms with Crippen molar-refractivity contribution in [2.45, 2.75) is 52.4 Å². The second-order valence-electron chi connectivity index (χ2n) is 4.97. The molecule has 0 aromatic rings. The molecule has 0 aromatic carbocycles. The first-order valence-electron chi connectivity index (χ1n) is 6.37. The first-order valence-corrected chi connectivity index (χ1v) is 6.37. The molecule has 1 aliphatic rings. The third-order valence-electron chi connectivity index (χ3n) is 3.30. The van der Waals surface area contributed by atoms with Crippen LogP contribution in [0.5, 0.6) is 0 Å². The summed E-state index contributed by atoms with van der Waals surface area (Å²) in [5.74, 6) is 1.22. The van der Waals surface area contributed by atoms with Gasteiger partial charge in [0.2, 0.25) is 5.91 Å². The second kappa shape index (κ2) is 6.66. The number of hydrogen-bond donors (Lipinski definition) is 0. The summed E-state index contributed by atoms with van der Waals surface area (Å²) >= 11 is 0. The summed E-state index contributed by atoms with van der Waals surface area (Å²) in [7, 11) is 0. The van der Waals surface area contributed by atoms with Crippen LogP contribution in [0.25, 0.3) is 0 Å². The van der Waals surface area contributed by atoms with Crippen LogP contribution in [0.2, 0.25) is 0 Å². The molecule has 0 bridgehead atoms. The maximum atomic E-state index is 11.7. The molecule has 1 atom stereocenters. The maximum Gasteiger partial charge on any atom is 0.222 e. The molecule has 1 amide bonds. The number of likely N-dealkylation sites (tertiary alicyclic amines) is 1. The summed E-state index contributed by atoms with van der Waals surface area (Å²) in [5.41, 5.74) is 0. The van der Waals surface area contributed by atoms with Crippen molar-refractivity contribution in [3.05, 3.63) is 0 Å². The summed E-state index contributed by atoms with van der Waals surface area (Å²) in [6.07, 6.45) is 5.38. The van der Waals surface area contributed by atoms with Crippen LogP contribution in [0.1, 0.15) is 52.4 Å². The average molecular weight is 225 g/mol. The highest BCUT2D eigenvalue weighted by Gasteiger charge is 2.19. The lowest BCUT2D eigenvalue weighted by atomic mass is 10.0. The lowest BCUT2D eigenvalue weighted by Gasteiger charge is -2.20. The molecule has 1 heterocycles. The summed E-state index contributed by atoms with van der Waals surface area (Å²) in [4.78, 5) is 24.5. The average Bonchev–Trinajstić information content (AvgIpc) is 2.38. The zero-order valence-corrected chi connectivity index (χ0v) is 10.5. The number of Topliss-reactive ketones (excluding diaryl/α,β-unsaturated/α-hetero) is 1. The van der Waals surface area contributed by atoms with Gasteiger partial charge in [0, 0.05) is 25.9 Å². The lowest BCUT2D eigenvalue weighted by Crippen LogP contribution is -2.31. The Bertz CT molecular complexity index is 250. The number of ketones is 1. The molecule has 0 aliphatic carbocycles. The monoisotopic (exact) mass is 225 g/mol. The number of nitrogens with zero attached hydrogens (tertiary/aromatic N) is 1. The first-order chi connectivity index (χ1) is 7.59. The Balaban J connectivity index is 2.24. The van der Waals surface area contributed by atoms with E-state index in [1.165, 1.54) is 0 Å². The van der Waals surface area contributed by atoms with E-state index in [1.807, 2.05) is 4.90 Å². The molecule has 1 rings (SSSR count). The molecule has 1 unspecified atom stereocenters. The first kappa shape index (κ1) is 13.2. The fourth-order valence-electron chi connectivity index (χ4n) is 2.09. The quantitative estimate of drug-likeness (QED) is 0.674. The van der Waals surface area contributed by atoms with E-state index in [1.54, 1.807) is 6.92 Å². The van der Waals surface area contributed by atoms with Crippen molar-refractivity contribution < 1.29 is 9.59 Å². The predicted octanol–water partition coefficient (Wildman–Crippen LogP) is 2.39. The predicted molar refractivity (Wildman–Crippen MR) is 64.1 cm³/mol. The normalized spacial score (nSPS) is 22.0. The Morgan fingerprint density at radius 1 is 1.38 bits per heavy atom. The van der Waals surface area contributed by atoms with Crippen molar-refractivity contribution in [3.8, 4) is 0 Å². The Morgan fingerprint density at radius 3 is 2.81 bits per heavy atom. The van der Waals surface area contributed by atoms with Crippen LogP contribution in [0.15, 0.2) is 0 Å². The van der Waals surface area contributed by atoms with Gasteiger partial charge in [-0.3, -0.25) is 4.79 Å². The third kappa shape index (κ3) is 4.77. The highest BCUT2D eigenvalue weighted by molar-refractivity contribution is 5.76. The lowest BCUT2D eigenvalue weighted by molar-refractivity contribution is -0.130. The fraction of sp³-hybridized carbons (Fsp3) is 0.846. The van der Waals surface area contributed by atoms with E-state index in [-0.39, 0.29) is 5.78 Å². The van der Waals surface area contributed by atoms with Crippen LogP contribution in [0.3, 0.4) is 0 Å². The van der Waals surface area contributed by atoms with Crippen molar-refractivity contribution in [2.75, 3.05) is 13.1 Å². The van der Waals surface area contributed by atoms with Crippen molar-refractivity contribution in [2.24, 2.45) is 5.92 Å². The van der Waals surface area contributed by atoms with Gasteiger partial charge in [0.25, 0.3) is 0 Å². The minimum atomic E-state index is 0.246. The van der Waals surface area contributed by atoms with E-state index in [4.69, 9.17) is 0 Å². The number of hydrogen-bond acceptors (Lipinski definition) is 2.